The first-order chi connectivity index (χ1) is 14.1. The molecule has 0 bridgehead atoms. The zero-order valence-corrected chi connectivity index (χ0v) is 16.6. The van der Waals surface area contributed by atoms with Crippen LogP contribution in [0.4, 0.5) is 9.18 Å². The second-order valence-corrected chi connectivity index (χ2v) is 7.23. The maximum Gasteiger partial charge on any atom is 0.315 e. The number of amides is 2. The first kappa shape index (κ1) is 21.2. The van der Waals surface area contributed by atoms with Crippen LogP contribution in [0.1, 0.15) is 32.6 Å². The topological polar surface area (TPSA) is 101 Å². The molecule has 1 fully saturated rings. The molecule has 1 saturated heterocycles. The first-order valence-corrected chi connectivity index (χ1v) is 10.1. The number of hydrogen-bond acceptors (Lipinski definition) is 5. The van der Waals surface area contributed by atoms with Crippen molar-refractivity contribution in [3.63, 3.8) is 0 Å². The summed E-state index contributed by atoms with van der Waals surface area (Å²) < 4.78 is 21.1. The average Bonchev–Trinajstić information content (AvgIpc) is 3.20. The molecule has 3 rings (SSSR count). The molecular formula is C20H28FN5O3. The molecule has 0 unspecified atom stereocenters. The highest BCUT2D eigenvalue weighted by Crippen LogP contribution is 2.23. The third-order valence-electron chi connectivity index (χ3n) is 4.99. The van der Waals surface area contributed by atoms with E-state index in [4.69, 9.17) is 4.74 Å². The molecular weight excluding hydrogens is 377 g/mol. The number of ether oxygens (including phenoxy) is 1. The van der Waals surface area contributed by atoms with Crippen LogP contribution in [0.25, 0.3) is 11.3 Å². The minimum atomic E-state index is -0.431. The summed E-state index contributed by atoms with van der Waals surface area (Å²) in [5, 5.41) is 23.5. The Hall–Kier alpha value is -2.52. The predicted octanol–water partition coefficient (Wildman–Crippen LogP) is 2.09. The van der Waals surface area contributed by atoms with Crippen molar-refractivity contribution in [3.05, 3.63) is 36.3 Å². The van der Waals surface area contributed by atoms with Gasteiger partial charge in [-0.2, -0.15) is 0 Å². The smallest absolute Gasteiger partial charge is 0.315 e. The molecule has 1 aromatic carbocycles. The number of aryl methyl sites for hydroxylation is 1. The Morgan fingerprint density at radius 3 is 3.03 bits per heavy atom. The van der Waals surface area contributed by atoms with Gasteiger partial charge in [-0.15, -0.1) is 5.10 Å². The number of halogens is 1. The minimum Gasteiger partial charge on any atom is -0.394 e. The molecule has 0 aliphatic carbocycles. The fourth-order valence-corrected chi connectivity index (χ4v) is 3.43. The summed E-state index contributed by atoms with van der Waals surface area (Å²) >= 11 is 0. The highest BCUT2D eigenvalue weighted by Gasteiger charge is 2.31. The van der Waals surface area contributed by atoms with Gasteiger partial charge in [0.1, 0.15) is 17.6 Å². The van der Waals surface area contributed by atoms with E-state index < -0.39 is 6.10 Å². The lowest BCUT2D eigenvalue weighted by Crippen LogP contribution is -2.53. The third-order valence-corrected chi connectivity index (χ3v) is 4.99. The number of carbonyl (C=O) groups excluding carboxylic acids is 1. The lowest BCUT2D eigenvalue weighted by atomic mass is 9.97. The lowest BCUT2D eigenvalue weighted by molar-refractivity contribution is -0.0907. The van der Waals surface area contributed by atoms with Crippen LogP contribution in [0.3, 0.4) is 0 Å². The summed E-state index contributed by atoms with van der Waals surface area (Å²) in [5.41, 5.74) is 1.30. The Balaban J connectivity index is 1.49. The van der Waals surface area contributed by atoms with E-state index in [1.807, 2.05) is 6.92 Å². The van der Waals surface area contributed by atoms with E-state index in [-0.39, 0.29) is 30.6 Å². The van der Waals surface area contributed by atoms with Gasteiger partial charge >= 0.3 is 6.03 Å². The third kappa shape index (κ3) is 5.98. The molecule has 29 heavy (non-hydrogen) atoms. The van der Waals surface area contributed by atoms with E-state index in [0.29, 0.717) is 30.8 Å². The van der Waals surface area contributed by atoms with Crippen molar-refractivity contribution < 1.29 is 19.0 Å². The van der Waals surface area contributed by atoms with Crippen molar-refractivity contribution in [1.82, 2.24) is 25.6 Å². The molecule has 0 saturated carbocycles. The summed E-state index contributed by atoms with van der Waals surface area (Å²) in [4.78, 5) is 11.9. The minimum absolute atomic E-state index is 0.0364. The van der Waals surface area contributed by atoms with Gasteiger partial charge in [0, 0.05) is 18.7 Å². The van der Waals surface area contributed by atoms with Gasteiger partial charge in [0.25, 0.3) is 0 Å². The number of urea groups is 1. The van der Waals surface area contributed by atoms with Crippen molar-refractivity contribution >= 4 is 6.03 Å². The molecule has 1 aliphatic heterocycles. The number of rotatable bonds is 8. The Morgan fingerprint density at radius 1 is 1.41 bits per heavy atom. The van der Waals surface area contributed by atoms with E-state index >= 15 is 0 Å². The summed E-state index contributed by atoms with van der Waals surface area (Å²) in [6, 6.07) is 5.80. The highest BCUT2D eigenvalue weighted by atomic mass is 19.1. The summed E-state index contributed by atoms with van der Waals surface area (Å²) in [6.45, 7) is 3.05. The average molecular weight is 405 g/mol. The van der Waals surface area contributed by atoms with Gasteiger partial charge < -0.3 is 20.5 Å². The predicted molar refractivity (Wildman–Crippen MR) is 106 cm³/mol. The molecule has 8 nitrogen and oxygen atoms in total. The Labute approximate surface area is 169 Å². The molecule has 158 valence electrons. The van der Waals surface area contributed by atoms with Crippen LogP contribution < -0.4 is 10.6 Å². The Bertz CT molecular complexity index is 800. The van der Waals surface area contributed by atoms with Crippen molar-refractivity contribution in [2.45, 2.75) is 57.4 Å². The second kappa shape index (κ2) is 10.3. The molecule has 3 atom stereocenters. The fraction of sp³-hybridized carbons (Fsp3) is 0.550. The second-order valence-electron chi connectivity index (χ2n) is 7.23. The zero-order chi connectivity index (χ0) is 20.6. The monoisotopic (exact) mass is 405 g/mol. The maximum atomic E-state index is 13.4. The van der Waals surface area contributed by atoms with Crippen molar-refractivity contribution in [2.24, 2.45) is 0 Å². The molecule has 9 heteroatoms. The van der Waals surface area contributed by atoms with Crippen LogP contribution in [-0.2, 0) is 11.3 Å². The van der Waals surface area contributed by atoms with Crippen LogP contribution >= 0.6 is 0 Å². The van der Waals surface area contributed by atoms with Crippen LogP contribution in [-0.4, -0.2) is 57.5 Å². The standard InChI is InChI=1S/C20H28FN5O3/c1-2-9-22-20(28)23-17-7-6-16(29-19(17)13-27)8-10-26-12-18(24-25-26)14-4-3-5-15(21)11-14/h3-5,11-12,16-17,19,27H,2,6-10,13H2,1H3,(H2,22,23,28)/t16-,17-,19-/m0/s1. The van der Waals surface area contributed by atoms with Crippen LogP contribution in [0.5, 0.6) is 0 Å². The number of aliphatic hydroxyl groups excluding tert-OH is 1. The normalized spacial score (nSPS) is 21.7. The zero-order valence-electron chi connectivity index (χ0n) is 16.6. The number of benzene rings is 1. The van der Waals surface area contributed by atoms with Gasteiger partial charge in [0.15, 0.2) is 0 Å². The maximum absolute atomic E-state index is 13.4. The number of aliphatic hydroxyl groups is 1. The number of nitrogens with zero attached hydrogens (tertiary/aromatic N) is 3. The molecule has 0 spiro atoms. The number of aromatic nitrogens is 3. The van der Waals surface area contributed by atoms with Gasteiger partial charge in [-0.3, -0.25) is 4.68 Å². The van der Waals surface area contributed by atoms with Gasteiger partial charge in [-0.05, 0) is 37.8 Å². The quantitative estimate of drug-likeness (QED) is 0.624. The molecule has 1 aromatic heterocycles. The lowest BCUT2D eigenvalue weighted by Gasteiger charge is -2.36. The number of nitrogens with one attached hydrogen (secondary N) is 2. The van der Waals surface area contributed by atoms with E-state index in [1.165, 1.54) is 12.1 Å². The van der Waals surface area contributed by atoms with E-state index in [9.17, 15) is 14.3 Å². The van der Waals surface area contributed by atoms with E-state index in [0.717, 1.165) is 19.3 Å². The van der Waals surface area contributed by atoms with E-state index in [2.05, 4.69) is 20.9 Å². The van der Waals surface area contributed by atoms with Gasteiger partial charge in [0.2, 0.25) is 0 Å². The Kier molecular flexibility index (Phi) is 7.54. The molecule has 1 aliphatic rings. The molecule has 3 N–H and O–H groups in total. The first-order valence-electron chi connectivity index (χ1n) is 10.1. The summed E-state index contributed by atoms with van der Waals surface area (Å²) in [6.07, 6.45) is 4.40. The largest absolute Gasteiger partial charge is 0.394 e. The number of carbonyl (C=O) groups is 1. The SMILES string of the molecule is CCCNC(=O)N[C@H]1CC[C@@H](CCn2cc(-c3cccc(F)c3)nn2)O[C@H]1CO. The molecule has 0 radical (unpaired) electrons. The molecule has 2 amide bonds. The van der Waals surface area contributed by atoms with Gasteiger partial charge in [-0.1, -0.05) is 24.3 Å². The van der Waals surface area contributed by atoms with E-state index in [1.54, 1.807) is 23.0 Å². The molecule has 2 aromatic rings. The fourth-order valence-electron chi connectivity index (χ4n) is 3.43. The van der Waals surface area contributed by atoms with Crippen LogP contribution in [0, 0.1) is 5.82 Å². The van der Waals surface area contributed by atoms with Gasteiger partial charge in [-0.25, -0.2) is 9.18 Å². The number of hydrogen-bond donors (Lipinski definition) is 3. The molecule has 2 heterocycles. The highest BCUT2D eigenvalue weighted by molar-refractivity contribution is 5.74. The van der Waals surface area contributed by atoms with Crippen molar-refractivity contribution in [3.8, 4) is 11.3 Å². The van der Waals surface area contributed by atoms with Crippen LogP contribution in [0.15, 0.2) is 30.5 Å². The van der Waals surface area contributed by atoms with Crippen LogP contribution in [0.2, 0.25) is 0 Å². The summed E-state index contributed by atoms with van der Waals surface area (Å²) in [7, 11) is 0. The van der Waals surface area contributed by atoms with Crippen molar-refractivity contribution in [2.75, 3.05) is 13.2 Å². The van der Waals surface area contributed by atoms with Gasteiger partial charge in [0.05, 0.1) is 24.9 Å². The van der Waals surface area contributed by atoms with Crippen molar-refractivity contribution in [1.29, 1.82) is 0 Å². The Morgan fingerprint density at radius 2 is 2.28 bits per heavy atom. The summed E-state index contributed by atoms with van der Waals surface area (Å²) in [5.74, 6) is -0.311.